The number of halogens is 2. The van der Waals surface area contributed by atoms with Crippen LogP contribution in [0.25, 0.3) is 0 Å². The Morgan fingerprint density at radius 1 is 1.29 bits per heavy atom. The molecule has 1 saturated carbocycles. The molecule has 17 heavy (non-hydrogen) atoms. The average molecular weight is 272 g/mol. The fourth-order valence-corrected chi connectivity index (χ4v) is 3.75. The quantitative estimate of drug-likeness (QED) is 0.823. The predicted molar refractivity (Wildman–Crippen MR) is 69.7 cm³/mol. The van der Waals surface area contributed by atoms with Gasteiger partial charge in [0, 0.05) is 12.0 Å². The van der Waals surface area contributed by atoms with E-state index in [4.69, 9.17) is 23.2 Å². The second-order valence-electron chi connectivity index (χ2n) is 5.21. The van der Waals surface area contributed by atoms with E-state index in [1.807, 2.05) is 18.2 Å². The Morgan fingerprint density at radius 2 is 2.12 bits per heavy atom. The molecule has 0 radical (unpaired) electrons. The van der Waals surface area contributed by atoms with Crippen molar-refractivity contribution in [1.29, 1.82) is 0 Å². The van der Waals surface area contributed by atoms with E-state index in [1.54, 1.807) is 0 Å². The molecule has 92 valence electrons. The predicted octanol–water partition coefficient (Wildman–Crippen LogP) is 2.61. The molecule has 3 rings (SSSR count). The van der Waals surface area contributed by atoms with E-state index in [0.29, 0.717) is 16.0 Å². The summed E-state index contributed by atoms with van der Waals surface area (Å²) < 4.78 is 0. The molecule has 2 aliphatic rings. The van der Waals surface area contributed by atoms with Crippen LogP contribution in [0, 0.1) is 5.92 Å². The molecular weight excluding hydrogens is 257 g/mol. The van der Waals surface area contributed by atoms with Crippen LogP contribution in [-0.2, 0) is 5.41 Å². The van der Waals surface area contributed by atoms with Gasteiger partial charge in [0.15, 0.2) is 0 Å². The molecule has 1 saturated heterocycles. The van der Waals surface area contributed by atoms with Crippen molar-refractivity contribution in [2.24, 2.45) is 5.92 Å². The Balaban J connectivity index is 2.04. The minimum Gasteiger partial charge on any atom is -0.393 e. The standard InChI is InChI=1S/C13H15Cl2NO/c14-11-2-1-8(4-12(11)15)13-5-10(17)3-9(13)6-16-7-13/h1-2,4,9-10,16-17H,3,5-7H2. The summed E-state index contributed by atoms with van der Waals surface area (Å²) in [5.74, 6) is 0.509. The monoisotopic (exact) mass is 271 g/mol. The van der Waals surface area contributed by atoms with Crippen molar-refractivity contribution in [1.82, 2.24) is 5.32 Å². The SMILES string of the molecule is OC1CC2CNCC2(c2ccc(Cl)c(Cl)c2)C1. The molecule has 2 nitrogen and oxygen atoms in total. The third-order valence-electron chi connectivity index (χ3n) is 4.26. The third-order valence-corrected chi connectivity index (χ3v) is 5.00. The van der Waals surface area contributed by atoms with Gasteiger partial charge in [-0.2, -0.15) is 0 Å². The molecule has 0 bridgehead atoms. The number of hydrogen-bond donors (Lipinski definition) is 2. The number of hydrogen-bond acceptors (Lipinski definition) is 2. The topological polar surface area (TPSA) is 32.3 Å². The molecule has 2 N–H and O–H groups in total. The maximum absolute atomic E-state index is 9.90. The Morgan fingerprint density at radius 3 is 2.88 bits per heavy atom. The number of aliphatic hydroxyl groups is 1. The van der Waals surface area contributed by atoms with Gasteiger partial charge in [0.25, 0.3) is 0 Å². The Kier molecular flexibility index (Phi) is 2.86. The molecule has 1 aliphatic carbocycles. The molecule has 2 fully saturated rings. The first-order valence-electron chi connectivity index (χ1n) is 5.96. The van der Waals surface area contributed by atoms with Crippen LogP contribution in [0.3, 0.4) is 0 Å². The van der Waals surface area contributed by atoms with Crippen LogP contribution in [0.5, 0.6) is 0 Å². The lowest BCUT2D eigenvalue weighted by atomic mass is 9.74. The molecule has 1 aromatic rings. The van der Waals surface area contributed by atoms with Crippen LogP contribution >= 0.6 is 23.2 Å². The van der Waals surface area contributed by atoms with Gasteiger partial charge in [0.05, 0.1) is 16.1 Å². The maximum Gasteiger partial charge on any atom is 0.0595 e. The molecule has 3 atom stereocenters. The van der Waals surface area contributed by atoms with Crippen LogP contribution in [0.4, 0.5) is 0 Å². The summed E-state index contributed by atoms with van der Waals surface area (Å²) in [6, 6.07) is 5.86. The van der Waals surface area contributed by atoms with Gasteiger partial charge in [-0.25, -0.2) is 0 Å². The molecular formula is C13H15Cl2NO. The molecule has 3 unspecified atom stereocenters. The molecule has 1 aliphatic heterocycles. The highest BCUT2D eigenvalue weighted by molar-refractivity contribution is 6.42. The molecule has 0 aromatic heterocycles. The van der Waals surface area contributed by atoms with Gasteiger partial charge >= 0.3 is 0 Å². The van der Waals surface area contributed by atoms with Gasteiger partial charge in [0.1, 0.15) is 0 Å². The van der Waals surface area contributed by atoms with Crippen LogP contribution in [0.15, 0.2) is 18.2 Å². The second-order valence-corrected chi connectivity index (χ2v) is 6.02. The van der Waals surface area contributed by atoms with Crippen molar-refractivity contribution < 1.29 is 5.11 Å². The lowest BCUT2D eigenvalue weighted by Crippen LogP contribution is -2.31. The van der Waals surface area contributed by atoms with Crippen molar-refractivity contribution in [3.63, 3.8) is 0 Å². The zero-order valence-corrected chi connectivity index (χ0v) is 10.9. The smallest absolute Gasteiger partial charge is 0.0595 e. The van der Waals surface area contributed by atoms with Gasteiger partial charge in [0.2, 0.25) is 0 Å². The van der Waals surface area contributed by atoms with E-state index in [9.17, 15) is 5.11 Å². The number of nitrogens with one attached hydrogen (secondary N) is 1. The average Bonchev–Trinajstić information content (AvgIpc) is 2.78. The van der Waals surface area contributed by atoms with Crippen molar-refractivity contribution in [3.8, 4) is 0 Å². The number of benzene rings is 1. The minimum atomic E-state index is -0.184. The van der Waals surface area contributed by atoms with Crippen LogP contribution in [0.2, 0.25) is 10.0 Å². The zero-order chi connectivity index (χ0) is 12.0. The highest BCUT2D eigenvalue weighted by Gasteiger charge is 2.50. The molecule has 4 heteroatoms. The van der Waals surface area contributed by atoms with E-state index in [0.717, 1.165) is 25.9 Å². The van der Waals surface area contributed by atoms with Crippen LogP contribution in [0.1, 0.15) is 18.4 Å². The fourth-order valence-electron chi connectivity index (χ4n) is 3.45. The number of aliphatic hydroxyl groups excluding tert-OH is 1. The zero-order valence-electron chi connectivity index (χ0n) is 9.42. The lowest BCUT2D eigenvalue weighted by Gasteiger charge is -2.29. The Hall–Kier alpha value is -0.280. The van der Waals surface area contributed by atoms with E-state index in [1.165, 1.54) is 5.56 Å². The summed E-state index contributed by atoms with van der Waals surface area (Å²) in [5, 5.41) is 14.5. The summed E-state index contributed by atoms with van der Waals surface area (Å²) >= 11 is 12.1. The lowest BCUT2D eigenvalue weighted by molar-refractivity contribution is 0.170. The first-order chi connectivity index (χ1) is 8.12. The van der Waals surface area contributed by atoms with E-state index >= 15 is 0 Å². The van der Waals surface area contributed by atoms with E-state index in [-0.39, 0.29) is 11.5 Å². The number of rotatable bonds is 1. The highest BCUT2D eigenvalue weighted by atomic mass is 35.5. The largest absolute Gasteiger partial charge is 0.393 e. The highest BCUT2D eigenvalue weighted by Crippen LogP contribution is 2.48. The summed E-state index contributed by atoms with van der Waals surface area (Å²) in [6.45, 7) is 1.91. The summed E-state index contributed by atoms with van der Waals surface area (Å²) in [6.07, 6.45) is 1.52. The first-order valence-corrected chi connectivity index (χ1v) is 6.72. The Bertz CT molecular complexity index is 451. The Labute approximate surface area is 111 Å². The van der Waals surface area contributed by atoms with Crippen molar-refractivity contribution in [2.75, 3.05) is 13.1 Å². The third kappa shape index (κ3) is 1.78. The summed E-state index contributed by atoms with van der Waals surface area (Å²) in [4.78, 5) is 0. The van der Waals surface area contributed by atoms with Gasteiger partial charge in [-0.15, -0.1) is 0 Å². The van der Waals surface area contributed by atoms with Gasteiger partial charge in [-0.3, -0.25) is 0 Å². The fraction of sp³-hybridized carbons (Fsp3) is 0.538. The van der Waals surface area contributed by atoms with Crippen molar-refractivity contribution >= 4 is 23.2 Å². The van der Waals surface area contributed by atoms with Crippen LogP contribution < -0.4 is 5.32 Å². The van der Waals surface area contributed by atoms with E-state index in [2.05, 4.69) is 5.32 Å². The minimum absolute atomic E-state index is 0.0493. The first kappa shape index (κ1) is 11.8. The number of fused-ring (bicyclic) bond motifs is 1. The van der Waals surface area contributed by atoms with Crippen molar-refractivity contribution in [3.05, 3.63) is 33.8 Å². The normalized spacial score (nSPS) is 36.2. The molecule has 1 heterocycles. The van der Waals surface area contributed by atoms with Gasteiger partial charge in [-0.05, 0) is 43.0 Å². The van der Waals surface area contributed by atoms with Gasteiger partial charge < -0.3 is 10.4 Å². The second kappa shape index (κ2) is 4.13. The molecule has 0 amide bonds. The van der Waals surface area contributed by atoms with Crippen molar-refractivity contribution in [2.45, 2.75) is 24.4 Å². The van der Waals surface area contributed by atoms with Crippen LogP contribution in [-0.4, -0.2) is 24.3 Å². The summed E-state index contributed by atoms with van der Waals surface area (Å²) in [7, 11) is 0. The van der Waals surface area contributed by atoms with Gasteiger partial charge in [-0.1, -0.05) is 29.3 Å². The summed E-state index contributed by atoms with van der Waals surface area (Å²) in [5.41, 5.74) is 1.26. The maximum atomic E-state index is 9.90. The van der Waals surface area contributed by atoms with E-state index < -0.39 is 0 Å². The molecule has 0 spiro atoms. The molecule has 1 aromatic carbocycles.